The molecule has 0 amide bonds. The molecule has 0 aromatic carbocycles. The Labute approximate surface area is 103 Å². The molecule has 1 saturated carbocycles. The van der Waals surface area contributed by atoms with Crippen molar-refractivity contribution in [3.05, 3.63) is 0 Å². The molecule has 0 aliphatic heterocycles. The van der Waals surface area contributed by atoms with E-state index in [1.807, 2.05) is 0 Å². The van der Waals surface area contributed by atoms with Gasteiger partial charge in [0.2, 0.25) is 0 Å². The lowest BCUT2D eigenvalue weighted by Crippen LogP contribution is -2.39. The lowest BCUT2D eigenvalue weighted by atomic mass is 9.58. The van der Waals surface area contributed by atoms with Crippen molar-refractivity contribution >= 4 is 0 Å². The van der Waals surface area contributed by atoms with E-state index in [1.54, 1.807) is 0 Å². The van der Waals surface area contributed by atoms with Crippen molar-refractivity contribution in [3.63, 3.8) is 0 Å². The molecule has 1 fully saturated rings. The summed E-state index contributed by atoms with van der Waals surface area (Å²) < 4.78 is 0. The summed E-state index contributed by atoms with van der Waals surface area (Å²) in [7, 11) is 0. The highest BCUT2D eigenvalue weighted by molar-refractivity contribution is 4.90. The summed E-state index contributed by atoms with van der Waals surface area (Å²) in [6.45, 7) is 14.6. The van der Waals surface area contributed by atoms with E-state index < -0.39 is 0 Å². The minimum atomic E-state index is 0.565. The van der Waals surface area contributed by atoms with E-state index in [0.29, 0.717) is 5.41 Å². The molecule has 1 aliphatic carbocycles. The van der Waals surface area contributed by atoms with Crippen LogP contribution in [0.2, 0.25) is 0 Å². The summed E-state index contributed by atoms with van der Waals surface area (Å²) in [6.07, 6.45) is 7.02. The van der Waals surface area contributed by atoms with Gasteiger partial charge in [0.1, 0.15) is 0 Å². The topological polar surface area (TPSA) is 0 Å². The molecule has 0 heterocycles. The Morgan fingerprint density at radius 3 is 1.94 bits per heavy atom. The van der Waals surface area contributed by atoms with Crippen molar-refractivity contribution in [2.45, 2.75) is 73.6 Å². The van der Waals surface area contributed by atoms with Crippen LogP contribution in [0.5, 0.6) is 0 Å². The molecule has 1 rings (SSSR count). The molecule has 0 N–H and O–H groups in total. The highest BCUT2D eigenvalue weighted by Crippen LogP contribution is 2.49. The standard InChI is InChI=1S/C16H32/c1-7-14(15-11-10-12(15)4)13(5)16(6,8-2)9-3/h12-15H,7-11H2,1-6H3. The van der Waals surface area contributed by atoms with Gasteiger partial charge in [-0.3, -0.25) is 0 Å². The molecule has 0 spiro atoms. The maximum Gasteiger partial charge on any atom is -0.0303 e. The van der Waals surface area contributed by atoms with Gasteiger partial charge in [-0.1, -0.05) is 67.2 Å². The minimum absolute atomic E-state index is 0.565. The first-order chi connectivity index (χ1) is 7.50. The summed E-state index contributed by atoms with van der Waals surface area (Å²) in [6, 6.07) is 0. The van der Waals surface area contributed by atoms with Gasteiger partial charge in [-0.2, -0.15) is 0 Å². The van der Waals surface area contributed by atoms with Crippen LogP contribution in [0, 0.1) is 29.1 Å². The van der Waals surface area contributed by atoms with Gasteiger partial charge in [0, 0.05) is 0 Å². The molecule has 0 bridgehead atoms. The van der Waals surface area contributed by atoms with Crippen LogP contribution in [0.3, 0.4) is 0 Å². The van der Waals surface area contributed by atoms with Crippen LogP contribution in [0.15, 0.2) is 0 Å². The second-order valence-corrected chi connectivity index (χ2v) is 6.44. The predicted molar refractivity (Wildman–Crippen MR) is 73.5 cm³/mol. The van der Waals surface area contributed by atoms with E-state index in [0.717, 1.165) is 23.7 Å². The average Bonchev–Trinajstić information content (AvgIpc) is 2.31. The zero-order chi connectivity index (χ0) is 12.3. The molecule has 0 nitrogen and oxygen atoms in total. The Balaban J connectivity index is 2.71. The minimum Gasteiger partial charge on any atom is -0.0651 e. The summed E-state index contributed by atoms with van der Waals surface area (Å²) in [5.74, 6) is 3.87. The molecular weight excluding hydrogens is 192 g/mol. The summed E-state index contributed by atoms with van der Waals surface area (Å²) in [5.41, 5.74) is 0.565. The SMILES string of the molecule is CCC(C1CCC1C)C(C)C(C)(CC)CC. The fourth-order valence-electron chi connectivity index (χ4n) is 3.77. The highest BCUT2D eigenvalue weighted by atomic mass is 14.5. The molecule has 0 heteroatoms. The van der Waals surface area contributed by atoms with Crippen molar-refractivity contribution in [2.75, 3.05) is 0 Å². The highest BCUT2D eigenvalue weighted by Gasteiger charge is 2.40. The van der Waals surface area contributed by atoms with Gasteiger partial charge < -0.3 is 0 Å². The van der Waals surface area contributed by atoms with Gasteiger partial charge in [0.25, 0.3) is 0 Å². The molecule has 4 atom stereocenters. The van der Waals surface area contributed by atoms with E-state index in [1.165, 1.54) is 32.1 Å². The fraction of sp³-hybridized carbons (Fsp3) is 1.00. The number of hydrogen-bond donors (Lipinski definition) is 0. The second kappa shape index (κ2) is 5.56. The Morgan fingerprint density at radius 2 is 1.69 bits per heavy atom. The maximum absolute atomic E-state index is 2.52. The van der Waals surface area contributed by atoms with Crippen molar-refractivity contribution in [3.8, 4) is 0 Å². The second-order valence-electron chi connectivity index (χ2n) is 6.44. The Bertz CT molecular complexity index is 202. The third kappa shape index (κ3) is 2.46. The quantitative estimate of drug-likeness (QED) is 0.557. The van der Waals surface area contributed by atoms with E-state index in [-0.39, 0.29) is 0 Å². The van der Waals surface area contributed by atoms with Gasteiger partial charge in [-0.15, -0.1) is 0 Å². The van der Waals surface area contributed by atoms with E-state index in [9.17, 15) is 0 Å². The largest absolute Gasteiger partial charge is 0.0651 e. The molecule has 0 radical (unpaired) electrons. The maximum atomic E-state index is 2.52. The summed E-state index contributed by atoms with van der Waals surface area (Å²) in [5, 5.41) is 0. The van der Waals surface area contributed by atoms with Crippen LogP contribution < -0.4 is 0 Å². The van der Waals surface area contributed by atoms with Crippen molar-refractivity contribution < 1.29 is 0 Å². The van der Waals surface area contributed by atoms with Crippen LogP contribution in [-0.4, -0.2) is 0 Å². The Morgan fingerprint density at radius 1 is 1.12 bits per heavy atom. The van der Waals surface area contributed by atoms with Gasteiger partial charge in [-0.25, -0.2) is 0 Å². The first kappa shape index (κ1) is 14.1. The summed E-state index contributed by atoms with van der Waals surface area (Å²) >= 11 is 0. The van der Waals surface area contributed by atoms with Gasteiger partial charge in [0.05, 0.1) is 0 Å². The third-order valence-corrected chi connectivity index (χ3v) is 6.06. The van der Waals surface area contributed by atoms with Gasteiger partial charge in [0.15, 0.2) is 0 Å². The Kier molecular flexibility index (Phi) is 4.88. The number of rotatable bonds is 6. The van der Waals surface area contributed by atoms with E-state index >= 15 is 0 Å². The van der Waals surface area contributed by atoms with Crippen molar-refractivity contribution in [1.82, 2.24) is 0 Å². The molecule has 4 unspecified atom stereocenters. The van der Waals surface area contributed by atoms with E-state index in [2.05, 4.69) is 41.5 Å². The van der Waals surface area contributed by atoms with Crippen molar-refractivity contribution in [1.29, 1.82) is 0 Å². The fourth-order valence-corrected chi connectivity index (χ4v) is 3.77. The molecule has 0 aromatic rings. The number of hydrogen-bond acceptors (Lipinski definition) is 0. The average molecular weight is 224 g/mol. The summed E-state index contributed by atoms with van der Waals surface area (Å²) in [4.78, 5) is 0. The molecule has 1 aliphatic rings. The smallest absolute Gasteiger partial charge is 0.0303 e. The van der Waals surface area contributed by atoms with E-state index in [4.69, 9.17) is 0 Å². The lowest BCUT2D eigenvalue weighted by molar-refractivity contribution is 0.0193. The Hall–Kier alpha value is 0. The zero-order valence-corrected chi connectivity index (χ0v) is 12.3. The molecule has 0 saturated heterocycles. The van der Waals surface area contributed by atoms with Crippen LogP contribution in [0.1, 0.15) is 73.6 Å². The molecular formula is C16H32. The normalized spacial score (nSPS) is 29.6. The van der Waals surface area contributed by atoms with Crippen LogP contribution in [0.25, 0.3) is 0 Å². The van der Waals surface area contributed by atoms with Crippen LogP contribution in [0.4, 0.5) is 0 Å². The predicted octanol–water partition coefficient (Wildman–Crippen LogP) is 5.52. The van der Waals surface area contributed by atoms with Gasteiger partial charge >= 0.3 is 0 Å². The molecule has 96 valence electrons. The van der Waals surface area contributed by atoms with Crippen molar-refractivity contribution in [2.24, 2.45) is 29.1 Å². The van der Waals surface area contributed by atoms with Crippen LogP contribution >= 0.6 is 0 Å². The zero-order valence-electron chi connectivity index (χ0n) is 12.3. The molecule has 16 heavy (non-hydrogen) atoms. The third-order valence-electron chi connectivity index (χ3n) is 6.06. The van der Waals surface area contributed by atoms with Crippen LogP contribution in [-0.2, 0) is 0 Å². The first-order valence-electron chi connectivity index (χ1n) is 7.50. The monoisotopic (exact) mass is 224 g/mol. The first-order valence-corrected chi connectivity index (χ1v) is 7.50. The molecule has 0 aromatic heterocycles. The lowest BCUT2D eigenvalue weighted by Gasteiger charge is -2.48. The van der Waals surface area contributed by atoms with Gasteiger partial charge in [-0.05, 0) is 35.5 Å².